The average molecular weight is 671 g/mol. The van der Waals surface area contributed by atoms with E-state index in [1.165, 1.54) is 18.4 Å². The highest BCUT2D eigenvalue weighted by molar-refractivity contribution is 5.93. The number of anilines is 1. The highest BCUT2D eigenvalue weighted by Crippen LogP contribution is 2.34. The van der Waals surface area contributed by atoms with Crippen molar-refractivity contribution in [2.45, 2.75) is 70.4 Å². The Morgan fingerprint density at radius 3 is 2.37 bits per heavy atom. The van der Waals surface area contributed by atoms with Gasteiger partial charge in [-0.1, -0.05) is 61.0 Å². The number of rotatable bonds is 17. The number of amides is 3. The lowest BCUT2D eigenvalue weighted by Gasteiger charge is -2.37. The van der Waals surface area contributed by atoms with Crippen molar-refractivity contribution in [3.8, 4) is 22.6 Å². The van der Waals surface area contributed by atoms with E-state index in [9.17, 15) is 9.59 Å². The van der Waals surface area contributed by atoms with E-state index in [-0.39, 0.29) is 19.2 Å². The van der Waals surface area contributed by atoms with Crippen LogP contribution >= 0.6 is 0 Å². The SMILES string of the molecule is COc1ccc(CNCCCCCNC(=O)NCCOC(=O)N(c2ccccc2-c2ccccc2)N2CC[CH]CC2)cc1OC1CCCC1. The third-order valence-electron chi connectivity index (χ3n) is 8.94. The zero-order valence-corrected chi connectivity index (χ0v) is 28.8. The number of para-hydroxylation sites is 1. The smallest absolute Gasteiger partial charge is 0.429 e. The van der Waals surface area contributed by atoms with Crippen LogP contribution in [0.1, 0.15) is 63.4 Å². The number of ether oxygens (including phenoxy) is 3. The highest BCUT2D eigenvalue weighted by atomic mass is 16.6. The molecular weight excluding hydrogens is 618 g/mol. The van der Waals surface area contributed by atoms with Crippen LogP contribution in [-0.4, -0.2) is 69.7 Å². The normalized spacial score (nSPS) is 15.0. The largest absolute Gasteiger partial charge is 0.493 e. The average Bonchev–Trinajstić information content (AvgIpc) is 3.66. The summed E-state index contributed by atoms with van der Waals surface area (Å²) in [5, 5.41) is 12.9. The molecule has 1 saturated heterocycles. The van der Waals surface area contributed by atoms with Crippen LogP contribution in [0.4, 0.5) is 15.3 Å². The summed E-state index contributed by atoms with van der Waals surface area (Å²) in [5.74, 6) is 1.62. The first kappa shape index (κ1) is 36.0. The van der Waals surface area contributed by atoms with Gasteiger partial charge in [0, 0.05) is 31.7 Å². The summed E-state index contributed by atoms with van der Waals surface area (Å²) in [5.41, 5.74) is 3.94. The molecule has 0 spiro atoms. The molecule has 0 aromatic heterocycles. The van der Waals surface area contributed by atoms with Crippen molar-refractivity contribution >= 4 is 17.8 Å². The Hall–Kier alpha value is -4.28. The minimum Gasteiger partial charge on any atom is -0.493 e. The van der Waals surface area contributed by atoms with Crippen LogP contribution in [0.2, 0.25) is 0 Å². The van der Waals surface area contributed by atoms with Crippen LogP contribution in [0.3, 0.4) is 0 Å². The molecule has 1 radical (unpaired) electrons. The predicted octanol–water partition coefficient (Wildman–Crippen LogP) is 7.10. The van der Waals surface area contributed by atoms with Gasteiger partial charge in [-0.2, -0.15) is 0 Å². The molecule has 10 heteroatoms. The van der Waals surface area contributed by atoms with Crippen molar-refractivity contribution < 1.29 is 23.8 Å². The molecule has 3 amide bonds. The van der Waals surface area contributed by atoms with Gasteiger partial charge in [-0.15, -0.1) is 0 Å². The Balaban J connectivity index is 0.968. The second-order valence-corrected chi connectivity index (χ2v) is 12.6. The molecule has 2 aliphatic rings. The van der Waals surface area contributed by atoms with E-state index < -0.39 is 6.09 Å². The molecule has 49 heavy (non-hydrogen) atoms. The number of urea groups is 1. The zero-order chi connectivity index (χ0) is 34.1. The lowest BCUT2D eigenvalue weighted by atomic mass is 10.0. The molecule has 3 aromatic carbocycles. The summed E-state index contributed by atoms with van der Waals surface area (Å²) < 4.78 is 17.4. The van der Waals surface area contributed by atoms with Gasteiger partial charge in [-0.25, -0.2) is 19.6 Å². The molecule has 0 atom stereocenters. The van der Waals surface area contributed by atoms with Gasteiger partial charge in [0.1, 0.15) is 6.61 Å². The lowest BCUT2D eigenvalue weighted by molar-refractivity contribution is 0.126. The number of unbranched alkanes of at least 4 members (excludes halogenated alkanes) is 2. The molecule has 0 unspecified atom stereocenters. The van der Waals surface area contributed by atoms with Crippen LogP contribution in [0, 0.1) is 6.42 Å². The summed E-state index contributed by atoms with van der Waals surface area (Å²) >= 11 is 0. The molecule has 1 aliphatic carbocycles. The van der Waals surface area contributed by atoms with Crippen LogP contribution in [0.15, 0.2) is 72.8 Å². The molecule has 1 aliphatic heterocycles. The summed E-state index contributed by atoms with van der Waals surface area (Å²) in [6.45, 7) is 4.01. The van der Waals surface area contributed by atoms with Crippen molar-refractivity contribution in [3.63, 3.8) is 0 Å². The quantitative estimate of drug-likeness (QED) is 0.132. The molecule has 263 valence electrons. The number of carbonyl (C=O) groups is 2. The first-order chi connectivity index (χ1) is 24.1. The topological polar surface area (TPSA) is 104 Å². The maximum atomic E-state index is 13.5. The Kier molecular flexibility index (Phi) is 14.4. The second-order valence-electron chi connectivity index (χ2n) is 12.6. The Labute approximate surface area is 291 Å². The number of hydrazine groups is 1. The first-order valence-corrected chi connectivity index (χ1v) is 17.9. The first-order valence-electron chi connectivity index (χ1n) is 17.9. The van der Waals surface area contributed by atoms with E-state index in [1.807, 2.05) is 65.7 Å². The van der Waals surface area contributed by atoms with Gasteiger partial charge < -0.3 is 30.2 Å². The minimum atomic E-state index is -0.453. The number of nitrogens with zero attached hydrogens (tertiary/aromatic N) is 2. The Bertz CT molecular complexity index is 1440. The van der Waals surface area contributed by atoms with Gasteiger partial charge >= 0.3 is 12.1 Å². The standard InChI is InChI=1S/C39H52N5O5/c1-47-36-22-21-31(29-37(36)49-33-17-7-8-18-33)30-40-23-11-3-12-24-41-38(45)42-25-28-48-39(46)44(43-26-13-4-14-27-43)35-20-10-9-19-34(35)32-15-5-2-6-16-32/h2,4-6,9-10,15-16,19-22,29,33,40H,3,7-8,11-14,17-18,23-28,30H2,1H3,(H2,41,42,45). The molecule has 2 fully saturated rings. The molecule has 3 aromatic rings. The molecule has 1 heterocycles. The van der Waals surface area contributed by atoms with Crippen molar-refractivity contribution in [3.05, 3.63) is 84.8 Å². The number of methoxy groups -OCH3 is 1. The van der Waals surface area contributed by atoms with E-state index in [2.05, 4.69) is 34.5 Å². The van der Waals surface area contributed by atoms with Crippen LogP contribution in [0.25, 0.3) is 11.1 Å². The number of hydrogen-bond donors (Lipinski definition) is 3. The third kappa shape index (κ3) is 11.1. The fourth-order valence-corrected chi connectivity index (χ4v) is 6.34. The molecular formula is C39H52N5O5. The van der Waals surface area contributed by atoms with Crippen molar-refractivity contribution in [1.29, 1.82) is 0 Å². The van der Waals surface area contributed by atoms with Crippen LogP contribution in [-0.2, 0) is 11.3 Å². The van der Waals surface area contributed by atoms with Crippen LogP contribution < -0.4 is 30.4 Å². The second kappa shape index (κ2) is 19.7. The van der Waals surface area contributed by atoms with Crippen molar-refractivity contribution in [2.24, 2.45) is 0 Å². The zero-order valence-electron chi connectivity index (χ0n) is 28.8. The van der Waals surface area contributed by atoms with Gasteiger partial charge in [0.05, 0.1) is 25.4 Å². The van der Waals surface area contributed by atoms with E-state index in [0.717, 1.165) is 99.4 Å². The summed E-state index contributed by atoms with van der Waals surface area (Å²) in [4.78, 5) is 25.8. The highest BCUT2D eigenvalue weighted by Gasteiger charge is 2.28. The van der Waals surface area contributed by atoms with Crippen molar-refractivity contribution in [1.82, 2.24) is 21.0 Å². The Morgan fingerprint density at radius 1 is 0.837 bits per heavy atom. The molecule has 1 saturated carbocycles. The van der Waals surface area contributed by atoms with Gasteiger partial charge in [-0.3, -0.25) is 0 Å². The third-order valence-corrected chi connectivity index (χ3v) is 8.94. The number of hydrogen-bond acceptors (Lipinski definition) is 7. The predicted molar refractivity (Wildman–Crippen MR) is 194 cm³/mol. The van der Waals surface area contributed by atoms with Gasteiger partial charge in [-0.05, 0) is 93.7 Å². The van der Waals surface area contributed by atoms with Gasteiger partial charge in [0.2, 0.25) is 0 Å². The number of carbonyl (C=O) groups excluding carboxylic acids is 2. The molecule has 0 bridgehead atoms. The minimum absolute atomic E-state index is 0.0737. The fourth-order valence-electron chi connectivity index (χ4n) is 6.34. The Morgan fingerprint density at radius 2 is 1.57 bits per heavy atom. The maximum Gasteiger partial charge on any atom is 0.429 e. The lowest BCUT2D eigenvalue weighted by Crippen LogP contribution is -2.50. The molecule has 10 nitrogen and oxygen atoms in total. The van der Waals surface area contributed by atoms with E-state index >= 15 is 0 Å². The number of nitrogens with one attached hydrogen (secondary N) is 3. The van der Waals surface area contributed by atoms with Crippen LogP contribution in [0.5, 0.6) is 11.5 Å². The molecule has 3 N–H and O–H groups in total. The molecule has 5 rings (SSSR count). The van der Waals surface area contributed by atoms with E-state index in [0.29, 0.717) is 12.6 Å². The van der Waals surface area contributed by atoms with Gasteiger partial charge in [0.25, 0.3) is 0 Å². The number of benzene rings is 3. The summed E-state index contributed by atoms with van der Waals surface area (Å²) in [7, 11) is 1.68. The fraction of sp³-hybridized carbons (Fsp3) is 0.462. The van der Waals surface area contributed by atoms with E-state index in [4.69, 9.17) is 14.2 Å². The summed E-state index contributed by atoms with van der Waals surface area (Å²) in [6, 6.07) is 23.8. The maximum absolute atomic E-state index is 13.5. The monoisotopic (exact) mass is 670 g/mol. The number of piperidine rings is 1. The van der Waals surface area contributed by atoms with Crippen molar-refractivity contribution in [2.75, 3.05) is 51.4 Å². The van der Waals surface area contributed by atoms with E-state index in [1.54, 1.807) is 12.1 Å². The van der Waals surface area contributed by atoms with Gasteiger partial charge in [0.15, 0.2) is 11.5 Å². The summed E-state index contributed by atoms with van der Waals surface area (Å²) in [6.07, 6.45) is 11.5.